The summed E-state index contributed by atoms with van der Waals surface area (Å²) in [5.41, 5.74) is 0. The Morgan fingerprint density at radius 2 is 1.85 bits per heavy atom. The number of aliphatic hydroxyl groups is 1. The van der Waals surface area contributed by atoms with E-state index in [9.17, 15) is 4.79 Å². The maximum Gasteiger partial charge on any atom is 0.328 e. The lowest BCUT2D eigenvalue weighted by Crippen LogP contribution is -1.84. The molecule has 0 aliphatic carbocycles. The summed E-state index contributed by atoms with van der Waals surface area (Å²) in [4.78, 5) is 9.94. The fourth-order valence-electron chi connectivity index (χ4n) is 0.380. The molecule has 0 rings (SSSR count). The Kier molecular flexibility index (Phi) is 6.90. The van der Waals surface area contributed by atoms with Gasteiger partial charge in [0.05, 0.1) is 6.61 Å². The van der Waals surface area contributed by atoms with E-state index < -0.39 is 5.97 Å². The molecule has 0 aromatic rings. The Bertz CT molecular complexity index is 329. The number of aliphatic carboxylic acids is 1. The molecule has 0 bridgehead atoms. The number of hydrogen-bond donors (Lipinski definition) is 2. The van der Waals surface area contributed by atoms with Crippen LogP contribution in [0.25, 0.3) is 0 Å². The average Bonchev–Trinajstić information content (AvgIpc) is 2.09. The van der Waals surface area contributed by atoms with E-state index in [4.69, 9.17) is 10.2 Å². The standard InChI is InChI=1S/C10H8O3/c11-9-7-5-3-1-2-4-6-8-10(12)13/h5-8,11H,9H2,(H,12,13)/b7-5-,8-6+. The van der Waals surface area contributed by atoms with Crippen molar-refractivity contribution in [2.45, 2.75) is 0 Å². The van der Waals surface area contributed by atoms with Gasteiger partial charge >= 0.3 is 5.97 Å². The third-order valence-corrected chi connectivity index (χ3v) is 0.823. The van der Waals surface area contributed by atoms with E-state index in [2.05, 4.69) is 23.7 Å². The first-order chi connectivity index (χ1) is 6.27. The van der Waals surface area contributed by atoms with Gasteiger partial charge in [-0.3, -0.25) is 0 Å². The van der Waals surface area contributed by atoms with E-state index >= 15 is 0 Å². The van der Waals surface area contributed by atoms with Gasteiger partial charge in [-0.25, -0.2) is 4.79 Å². The molecule has 2 N–H and O–H groups in total. The van der Waals surface area contributed by atoms with Crippen molar-refractivity contribution < 1.29 is 15.0 Å². The van der Waals surface area contributed by atoms with Crippen LogP contribution in [0.2, 0.25) is 0 Å². The Morgan fingerprint density at radius 3 is 2.38 bits per heavy atom. The quantitative estimate of drug-likeness (QED) is 0.466. The van der Waals surface area contributed by atoms with E-state index in [-0.39, 0.29) is 6.61 Å². The van der Waals surface area contributed by atoms with Gasteiger partial charge in [0.25, 0.3) is 0 Å². The second kappa shape index (κ2) is 8.13. The number of carboxylic acid groups (broad SMARTS) is 1. The maximum atomic E-state index is 9.94. The van der Waals surface area contributed by atoms with Crippen molar-refractivity contribution in [3.63, 3.8) is 0 Å². The van der Waals surface area contributed by atoms with Crippen LogP contribution in [0.1, 0.15) is 0 Å². The zero-order valence-electron chi connectivity index (χ0n) is 6.82. The molecule has 0 aromatic heterocycles. The second-order valence-electron chi connectivity index (χ2n) is 1.80. The first-order valence-corrected chi connectivity index (χ1v) is 3.43. The molecule has 0 atom stereocenters. The van der Waals surface area contributed by atoms with Crippen LogP contribution in [0.5, 0.6) is 0 Å². The molecule has 0 fully saturated rings. The third kappa shape index (κ3) is 10.0. The average molecular weight is 176 g/mol. The molecular formula is C10H8O3. The van der Waals surface area contributed by atoms with Crippen LogP contribution in [-0.4, -0.2) is 22.8 Å². The highest BCUT2D eigenvalue weighted by Gasteiger charge is 1.78. The van der Waals surface area contributed by atoms with Gasteiger partial charge < -0.3 is 10.2 Å². The SMILES string of the molecule is O=C(O)/C=C/C#CC#C/C=C\CO. The van der Waals surface area contributed by atoms with E-state index in [1.54, 1.807) is 0 Å². The van der Waals surface area contributed by atoms with Crippen molar-refractivity contribution >= 4 is 5.97 Å². The number of aliphatic hydroxyl groups excluding tert-OH is 1. The van der Waals surface area contributed by atoms with Gasteiger partial charge in [-0.15, -0.1) is 0 Å². The summed E-state index contributed by atoms with van der Waals surface area (Å²) in [6.07, 6.45) is 5.07. The van der Waals surface area contributed by atoms with Crippen molar-refractivity contribution in [1.82, 2.24) is 0 Å². The van der Waals surface area contributed by atoms with E-state index in [1.807, 2.05) is 0 Å². The lowest BCUT2D eigenvalue weighted by molar-refractivity contribution is -0.131. The molecule has 0 saturated carbocycles. The van der Waals surface area contributed by atoms with Crippen LogP contribution >= 0.6 is 0 Å². The molecule has 0 radical (unpaired) electrons. The minimum atomic E-state index is -1.04. The molecule has 0 heterocycles. The highest BCUT2D eigenvalue weighted by atomic mass is 16.4. The molecule has 0 aliphatic rings. The molecule has 0 saturated heterocycles. The number of carbonyl (C=O) groups is 1. The summed E-state index contributed by atoms with van der Waals surface area (Å²) in [5, 5.41) is 16.5. The number of hydrogen-bond acceptors (Lipinski definition) is 2. The summed E-state index contributed by atoms with van der Waals surface area (Å²) < 4.78 is 0. The van der Waals surface area contributed by atoms with E-state index in [1.165, 1.54) is 18.2 Å². The highest BCUT2D eigenvalue weighted by Crippen LogP contribution is 1.69. The molecule has 13 heavy (non-hydrogen) atoms. The number of allylic oxidation sites excluding steroid dienone is 2. The molecule has 3 nitrogen and oxygen atoms in total. The van der Waals surface area contributed by atoms with E-state index in [0.29, 0.717) is 0 Å². The van der Waals surface area contributed by atoms with E-state index in [0.717, 1.165) is 6.08 Å². The smallest absolute Gasteiger partial charge is 0.328 e. The van der Waals surface area contributed by atoms with Crippen LogP contribution in [0.3, 0.4) is 0 Å². The fraction of sp³-hybridized carbons (Fsp3) is 0.100. The number of carboxylic acids is 1. The van der Waals surface area contributed by atoms with Crippen LogP contribution in [0, 0.1) is 23.7 Å². The van der Waals surface area contributed by atoms with Gasteiger partial charge in [0.2, 0.25) is 0 Å². The Labute approximate surface area is 76.4 Å². The molecule has 0 amide bonds. The van der Waals surface area contributed by atoms with Gasteiger partial charge in [-0.05, 0) is 24.0 Å². The third-order valence-electron chi connectivity index (χ3n) is 0.823. The first-order valence-electron chi connectivity index (χ1n) is 3.43. The van der Waals surface area contributed by atoms with Gasteiger partial charge in [-0.1, -0.05) is 17.9 Å². The zero-order chi connectivity index (χ0) is 9.94. The summed E-state index contributed by atoms with van der Waals surface area (Å²) in [7, 11) is 0. The molecule has 0 unspecified atom stereocenters. The lowest BCUT2D eigenvalue weighted by atomic mass is 10.4. The zero-order valence-corrected chi connectivity index (χ0v) is 6.82. The minimum Gasteiger partial charge on any atom is -0.478 e. The molecule has 3 heteroatoms. The molecule has 66 valence electrons. The molecule has 0 spiro atoms. The Balaban J connectivity index is 3.90. The van der Waals surface area contributed by atoms with Crippen molar-refractivity contribution in [2.24, 2.45) is 0 Å². The van der Waals surface area contributed by atoms with Crippen LogP contribution in [-0.2, 0) is 4.79 Å². The van der Waals surface area contributed by atoms with Gasteiger partial charge in [0.15, 0.2) is 0 Å². The van der Waals surface area contributed by atoms with Crippen molar-refractivity contribution in [1.29, 1.82) is 0 Å². The summed E-state index contributed by atoms with van der Waals surface area (Å²) in [5.74, 6) is 8.75. The van der Waals surface area contributed by atoms with Gasteiger partial charge in [0.1, 0.15) is 0 Å². The predicted molar refractivity (Wildman–Crippen MR) is 48.6 cm³/mol. The second-order valence-corrected chi connectivity index (χ2v) is 1.80. The topological polar surface area (TPSA) is 57.5 Å². The molecular weight excluding hydrogens is 168 g/mol. The van der Waals surface area contributed by atoms with Crippen LogP contribution < -0.4 is 0 Å². The summed E-state index contributed by atoms with van der Waals surface area (Å²) in [6.45, 7) is -0.0545. The minimum absolute atomic E-state index is 0.0545. The van der Waals surface area contributed by atoms with Crippen molar-refractivity contribution in [2.75, 3.05) is 6.61 Å². The predicted octanol–water partition coefficient (Wildman–Crippen LogP) is 0.182. The largest absolute Gasteiger partial charge is 0.478 e. The fourth-order valence-corrected chi connectivity index (χ4v) is 0.380. The highest BCUT2D eigenvalue weighted by molar-refractivity contribution is 5.80. The summed E-state index contributed by atoms with van der Waals surface area (Å²) >= 11 is 0. The summed E-state index contributed by atoms with van der Waals surface area (Å²) in [6, 6.07) is 0. The first kappa shape index (κ1) is 11.0. The van der Waals surface area contributed by atoms with Crippen LogP contribution in [0.15, 0.2) is 24.3 Å². The van der Waals surface area contributed by atoms with Crippen LogP contribution in [0.4, 0.5) is 0 Å². The maximum absolute atomic E-state index is 9.94. The normalized spacial score (nSPS) is 9.00. The van der Waals surface area contributed by atoms with Crippen molar-refractivity contribution in [3.05, 3.63) is 24.3 Å². The van der Waals surface area contributed by atoms with Crippen molar-refractivity contribution in [3.8, 4) is 23.7 Å². The van der Waals surface area contributed by atoms with Gasteiger partial charge in [-0.2, -0.15) is 0 Å². The van der Waals surface area contributed by atoms with Gasteiger partial charge in [0, 0.05) is 6.08 Å². The Hall–Kier alpha value is -1.97. The molecule has 0 aromatic carbocycles. The number of rotatable bonds is 2. The Morgan fingerprint density at radius 1 is 1.23 bits per heavy atom. The monoisotopic (exact) mass is 176 g/mol. The lowest BCUT2D eigenvalue weighted by Gasteiger charge is -1.70. The molecule has 0 aliphatic heterocycles.